The molecule has 6 nitrogen and oxygen atoms in total. The lowest BCUT2D eigenvalue weighted by molar-refractivity contribution is -0.132. The zero-order valence-electron chi connectivity index (χ0n) is 16.3. The molecular weight excluding hydrogens is 364 g/mol. The molecule has 1 aromatic carbocycles. The summed E-state index contributed by atoms with van der Waals surface area (Å²) in [6, 6.07) is 4.98. The fourth-order valence-electron chi connectivity index (χ4n) is 3.85. The second-order valence-corrected chi connectivity index (χ2v) is 9.59. The highest BCUT2D eigenvalue weighted by atomic mass is 32.2. The molecule has 0 atom stereocenters. The van der Waals surface area contributed by atoms with Gasteiger partial charge in [-0.15, -0.1) is 0 Å². The van der Waals surface area contributed by atoms with E-state index < -0.39 is 10.0 Å². The summed E-state index contributed by atoms with van der Waals surface area (Å²) in [5, 5.41) is 0. The van der Waals surface area contributed by atoms with Gasteiger partial charge in [0.2, 0.25) is 15.9 Å². The molecule has 0 saturated carbocycles. The molecule has 0 N–H and O–H groups in total. The van der Waals surface area contributed by atoms with Gasteiger partial charge in [0.1, 0.15) is 5.75 Å². The Hall–Kier alpha value is -1.60. The molecule has 0 unspecified atom stereocenters. The van der Waals surface area contributed by atoms with Crippen LogP contribution in [0.2, 0.25) is 0 Å². The van der Waals surface area contributed by atoms with E-state index in [0.29, 0.717) is 42.5 Å². The number of nitrogens with zero attached hydrogens (tertiary/aromatic N) is 2. The van der Waals surface area contributed by atoms with Crippen LogP contribution >= 0.6 is 0 Å². The molecule has 0 aliphatic carbocycles. The Morgan fingerprint density at radius 3 is 2.44 bits per heavy atom. The van der Waals surface area contributed by atoms with Crippen molar-refractivity contribution in [3.63, 3.8) is 0 Å². The summed E-state index contributed by atoms with van der Waals surface area (Å²) in [6.07, 6.45) is 4.78. The molecule has 2 aliphatic heterocycles. The van der Waals surface area contributed by atoms with Gasteiger partial charge in [0.25, 0.3) is 0 Å². The van der Waals surface area contributed by atoms with Crippen LogP contribution in [0, 0.1) is 5.92 Å². The van der Waals surface area contributed by atoms with E-state index in [4.69, 9.17) is 4.74 Å². The molecule has 150 valence electrons. The van der Waals surface area contributed by atoms with Gasteiger partial charge in [0.05, 0.1) is 12.0 Å². The number of hydrogen-bond donors (Lipinski definition) is 0. The van der Waals surface area contributed by atoms with Crippen molar-refractivity contribution < 1.29 is 17.9 Å². The predicted octanol–water partition coefficient (Wildman–Crippen LogP) is 2.67. The number of likely N-dealkylation sites (tertiary alicyclic amines) is 1. The highest BCUT2D eigenvalue weighted by Crippen LogP contribution is 2.27. The van der Waals surface area contributed by atoms with Gasteiger partial charge in [-0.25, -0.2) is 8.42 Å². The van der Waals surface area contributed by atoms with E-state index in [1.54, 1.807) is 29.6 Å². The molecule has 2 heterocycles. The van der Waals surface area contributed by atoms with Gasteiger partial charge in [-0.1, -0.05) is 6.92 Å². The maximum atomic E-state index is 12.8. The maximum absolute atomic E-state index is 12.8. The third-order valence-corrected chi connectivity index (χ3v) is 7.59. The lowest BCUT2D eigenvalue weighted by Gasteiger charge is -2.30. The smallest absolute Gasteiger partial charge is 0.243 e. The minimum atomic E-state index is -3.47. The number of hydrogen-bond acceptors (Lipinski definition) is 4. The van der Waals surface area contributed by atoms with Crippen molar-refractivity contribution in [2.75, 3.05) is 33.3 Å². The molecule has 2 saturated heterocycles. The zero-order valence-corrected chi connectivity index (χ0v) is 17.1. The Kier molecular flexibility index (Phi) is 6.42. The number of carbonyl (C=O) groups is 1. The van der Waals surface area contributed by atoms with E-state index in [1.807, 2.05) is 4.90 Å². The zero-order chi connectivity index (χ0) is 19.4. The van der Waals surface area contributed by atoms with Crippen molar-refractivity contribution in [3.05, 3.63) is 23.8 Å². The molecule has 1 aromatic rings. The Balaban J connectivity index is 1.71. The van der Waals surface area contributed by atoms with Crippen LogP contribution in [0.3, 0.4) is 0 Å². The van der Waals surface area contributed by atoms with E-state index in [1.165, 1.54) is 0 Å². The van der Waals surface area contributed by atoms with Gasteiger partial charge in [-0.3, -0.25) is 4.79 Å². The Morgan fingerprint density at radius 1 is 1.15 bits per heavy atom. The summed E-state index contributed by atoms with van der Waals surface area (Å²) in [6.45, 7) is 5.02. The lowest BCUT2D eigenvalue weighted by atomic mass is 9.98. The topological polar surface area (TPSA) is 66.9 Å². The molecule has 2 fully saturated rings. The number of ether oxygens (including phenoxy) is 1. The summed E-state index contributed by atoms with van der Waals surface area (Å²) in [4.78, 5) is 14.7. The van der Waals surface area contributed by atoms with Crippen LogP contribution in [0.4, 0.5) is 0 Å². The first-order valence-electron chi connectivity index (χ1n) is 9.86. The minimum absolute atomic E-state index is 0.136. The molecule has 0 aromatic heterocycles. The second kappa shape index (κ2) is 8.61. The number of benzene rings is 1. The van der Waals surface area contributed by atoms with Crippen molar-refractivity contribution >= 4 is 15.9 Å². The van der Waals surface area contributed by atoms with Crippen LogP contribution in [-0.2, 0) is 21.2 Å². The number of amides is 1. The predicted molar refractivity (Wildman–Crippen MR) is 104 cm³/mol. The van der Waals surface area contributed by atoms with E-state index in [9.17, 15) is 13.2 Å². The Labute approximate surface area is 162 Å². The van der Waals surface area contributed by atoms with Crippen LogP contribution in [0.5, 0.6) is 5.75 Å². The molecule has 2 aliphatic rings. The lowest BCUT2D eigenvalue weighted by Crippen LogP contribution is -2.38. The number of methoxy groups -OCH3 is 1. The maximum Gasteiger partial charge on any atom is 0.243 e. The van der Waals surface area contributed by atoms with Crippen molar-refractivity contribution in [2.24, 2.45) is 5.92 Å². The molecular formula is C20H30N2O4S. The molecule has 7 heteroatoms. The summed E-state index contributed by atoms with van der Waals surface area (Å²) >= 11 is 0. The third kappa shape index (κ3) is 4.63. The summed E-state index contributed by atoms with van der Waals surface area (Å²) in [7, 11) is -1.90. The number of rotatable bonds is 6. The van der Waals surface area contributed by atoms with Gasteiger partial charge in [0.15, 0.2) is 0 Å². The van der Waals surface area contributed by atoms with Gasteiger partial charge in [-0.05, 0) is 61.8 Å². The average Bonchev–Trinajstić information content (AvgIpc) is 3.22. The van der Waals surface area contributed by atoms with Crippen molar-refractivity contribution in [1.29, 1.82) is 0 Å². The molecule has 0 bridgehead atoms. The first kappa shape index (κ1) is 20.1. The van der Waals surface area contributed by atoms with Gasteiger partial charge < -0.3 is 9.64 Å². The first-order valence-corrected chi connectivity index (χ1v) is 11.3. The SMILES string of the molecule is COc1ccc(S(=O)(=O)N2CCCC2)cc1CCC(=O)N1CCC(C)CC1. The third-order valence-electron chi connectivity index (χ3n) is 5.70. The van der Waals surface area contributed by atoms with Gasteiger partial charge >= 0.3 is 0 Å². The van der Waals surface area contributed by atoms with Crippen molar-refractivity contribution in [3.8, 4) is 5.75 Å². The number of sulfonamides is 1. The van der Waals surface area contributed by atoms with Gasteiger partial charge in [0, 0.05) is 32.6 Å². The largest absolute Gasteiger partial charge is 0.496 e. The van der Waals surface area contributed by atoms with Crippen molar-refractivity contribution in [1.82, 2.24) is 9.21 Å². The number of aryl methyl sites for hydroxylation is 1. The van der Waals surface area contributed by atoms with E-state index in [2.05, 4.69) is 6.92 Å². The van der Waals surface area contributed by atoms with Crippen LogP contribution in [-0.4, -0.2) is 56.8 Å². The van der Waals surface area contributed by atoms with Crippen LogP contribution in [0.25, 0.3) is 0 Å². The molecule has 27 heavy (non-hydrogen) atoms. The Morgan fingerprint density at radius 2 is 1.81 bits per heavy atom. The summed E-state index contributed by atoms with van der Waals surface area (Å²) in [5.74, 6) is 1.45. The van der Waals surface area contributed by atoms with E-state index >= 15 is 0 Å². The molecule has 1 amide bonds. The molecule has 0 spiro atoms. The normalized spacial score (nSPS) is 19.4. The molecule has 3 rings (SSSR count). The van der Waals surface area contributed by atoms with E-state index in [-0.39, 0.29) is 5.91 Å². The Bertz CT molecular complexity index is 764. The minimum Gasteiger partial charge on any atom is -0.496 e. The number of carbonyl (C=O) groups excluding carboxylic acids is 1. The summed E-state index contributed by atoms with van der Waals surface area (Å²) in [5.41, 5.74) is 0.775. The standard InChI is InChI=1S/C20H30N2O4S/c1-16-9-13-21(14-10-16)20(23)8-5-17-15-18(6-7-19(17)26-2)27(24,25)22-11-3-4-12-22/h6-7,15-16H,3-5,8-14H2,1-2H3. The average molecular weight is 395 g/mol. The highest BCUT2D eigenvalue weighted by Gasteiger charge is 2.28. The highest BCUT2D eigenvalue weighted by molar-refractivity contribution is 7.89. The fourth-order valence-corrected chi connectivity index (χ4v) is 5.41. The van der Waals surface area contributed by atoms with E-state index in [0.717, 1.165) is 44.3 Å². The van der Waals surface area contributed by atoms with Crippen LogP contribution < -0.4 is 4.74 Å². The number of piperidine rings is 1. The molecule has 0 radical (unpaired) electrons. The fraction of sp³-hybridized carbons (Fsp3) is 0.650. The quantitative estimate of drug-likeness (QED) is 0.744. The second-order valence-electron chi connectivity index (χ2n) is 7.65. The van der Waals surface area contributed by atoms with Crippen LogP contribution in [0.1, 0.15) is 44.6 Å². The van der Waals surface area contributed by atoms with Crippen LogP contribution in [0.15, 0.2) is 23.1 Å². The van der Waals surface area contributed by atoms with Crippen molar-refractivity contribution in [2.45, 2.75) is 50.3 Å². The summed E-state index contributed by atoms with van der Waals surface area (Å²) < 4.78 is 32.6. The monoisotopic (exact) mass is 394 g/mol. The van der Waals surface area contributed by atoms with Gasteiger partial charge in [-0.2, -0.15) is 4.31 Å². The first-order chi connectivity index (χ1) is 12.9.